The van der Waals surface area contributed by atoms with Crippen LogP contribution in [0.1, 0.15) is 18.9 Å². The van der Waals surface area contributed by atoms with Crippen LogP contribution < -0.4 is 5.32 Å². The minimum atomic E-state index is -0.134. The van der Waals surface area contributed by atoms with Crippen LogP contribution in [0.4, 0.5) is 5.69 Å². The molecule has 0 heterocycles. The highest BCUT2D eigenvalue weighted by Gasteiger charge is 2.18. The lowest BCUT2D eigenvalue weighted by Crippen LogP contribution is -2.24. The molecule has 22 heavy (non-hydrogen) atoms. The summed E-state index contributed by atoms with van der Waals surface area (Å²) in [7, 11) is 0. The van der Waals surface area contributed by atoms with Crippen LogP contribution in [0.15, 0.2) is 51.8 Å². The largest absolute Gasteiger partial charge is 0.325 e. The number of amides is 1. The predicted octanol–water partition coefficient (Wildman–Crippen LogP) is 5.92. The van der Waals surface area contributed by atoms with E-state index in [1.54, 1.807) is 11.8 Å². The molecule has 2 aromatic carbocycles. The van der Waals surface area contributed by atoms with Gasteiger partial charge in [-0.15, -0.1) is 11.8 Å². The smallest absolute Gasteiger partial charge is 0.237 e. The van der Waals surface area contributed by atoms with Gasteiger partial charge in [0.1, 0.15) is 0 Å². The van der Waals surface area contributed by atoms with Gasteiger partial charge in [0.25, 0.3) is 0 Å². The van der Waals surface area contributed by atoms with Gasteiger partial charge in [-0.25, -0.2) is 0 Å². The first-order valence-electron chi connectivity index (χ1n) is 6.99. The van der Waals surface area contributed by atoms with Crippen LogP contribution in [0.3, 0.4) is 0 Å². The monoisotopic (exact) mass is 397 g/mol. The minimum absolute atomic E-state index is 0.0178. The molecule has 2 nitrogen and oxygen atoms in total. The van der Waals surface area contributed by atoms with E-state index in [9.17, 15) is 4.79 Å². The molecule has 0 fully saturated rings. The lowest BCUT2D eigenvalue weighted by Gasteiger charge is -2.15. The second-order valence-corrected chi connectivity index (χ2v) is 7.49. The van der Waals surface area contributed by atoms with Gasteiger partial charge in [-0.05, 0) is 61.4 Å². The summed E-state index contributed by atoms with van der Waals surface area (Å²) >= 11 is 10.9. The van der Waals surface area contributed by atoms with Crippen molar-refractivity contribution in [3.05, 3.63) is 57.5 Å². The van der Waals surface area contributed by atoms with Crippen molar-refractivity contribution < 1.29 is 4.79 Å². The molecule has 2 aromatic rings. The van der Waals surface area contributed by atoms with E-state index in [4.69, 9.17) is 11.6 Å². The topological polar surface area (TPSA) is 29.1 Å². The summed E-state index contributed by atoms with van der Waals surface area (Å²) in [4.78, 5) is 13.5. The molecule has 0 aliphatic rings. The summed E-state index contributed by atoms with van der Waals surface area (Å²) in [6.07, 6.45) is 0.759. The predicted molar refractivity (Wildman–Crippen MR) is 98.9 cm³/mol. The standard InChI is InChI=1S/C17H17BrClNOS/c1-3-16(22-14-7-4-12(19)5-8-14)17(21)20-13-6-9-15(18)11(2)10-13/h4-10,16H,3H2,1-2H3,(H,20,21)/t16-/m1/s1. The van der Waals surface area contributed by atoms with Crippen LogP contribution in [0.5, 0.6) is 0 Å². The van der Waals surface area contributed by atoms with Crippen molar-refractivity contribution in [2.45, 2.75) is 30.4 Å². The molecule has 0 saturated carbocycles. The Kier molecular flexibility index (Phi) is 6.36. The molecule has 116 valence electrons. The van der Waals surface area contributed by atoms with Crippen molar-refractivity contribution in [2.24, 2.45) is 0 Å². The lowest BCUT2D eigenvalue weighted by molar-refractivity contribution is -0.115. The molecule has 1 amide bonds. The van der Waals surface area contributed by atoms with Crippen molar-refractivity contribution in [2.75, 3.05) is 5.32 Å². The number of nitrogens with one attached hydrogen (secondary N) is 1. The van der Waals surface area contributed by atoms with E-state index in [2.05, 4.69) is 21.2 Å². The molecule has 5 heteroatoms. The van der Waals surface area contributed by atoms with E-state index >= 15 is 0 Å². The molecule has 0 aliphatic carbocycles. The normalized spacial score (nSPS) is 12.0. The van der Waals surface area contributed by atoms with Crippen LogP contribution in [0.25, 0.3) is 0 Å². The number of aryl methyl sites for hydroxylation is 1. The second kappa shape index (κ2) is 8.04. The number of hydrogen-bond acceptors (Lipinski definition) is 2. The average molecular weight is 399 g/mol. The first-order valence-corrected chi connectivity index (χ1v) is 9.04. The maximum Gasteiger partial charge on any atom is 0.237 e. The Morgan fingerprint density at radius 1 is 1.27 bits per heavy atom. The van der Waals surface area contributed by atoms with E-state index in [-0.39, 0.29) is 11.2 Å². The van der Waals surface area contributed by atoms with Crippen molar-refractivity contribution >= 4 is 50.9 Å². The molecular formula is C17H17BrClNOS. The van der Waals surface area contributed by atoms with Crippen molar-refractivity contribution in [1.29, 1.82) is 0 Å². The molecule has 0 unspecified atom stereocenters. The number of anilines is 1. The number of hydrogen-bond donors (Lipinski definition) is 1. The molecule has 0 aromatic heterocycles. The Morgan fingerprint density at radius 3 is 2.55 bits per heavy atom. The summed E-state index contributed by atoms with van der Waals surface area (Å²) in [5.74, 6) is 0.0178. The summed E-state index contributed by atoms with van der Waals surface area (Å²) in [5.41, 5.74) is 1.91. The third-order valence-electron chi connectivity index (χ3n) is 3.18. The zero-order chi connectivity index (χ0) is 16.1. The van der Waals surface area contributed by atoms with E-state index in [1.807, 2.05) is 56.3 Å². The Balaban J connectivity index is 2.04. The Hall–Kier alpha value is -0.970. The fourth-order valence-corrected chi connectivity index (χ4v) is 3.27. The third kappa shape index (κ3) is 4.77. The first-order chi connectivity index (χ1) is 10.5. The Labute approximate surface area is 148 Å². The summed E-state index contributed by atoms with van der Waals surface area (Å²) < 4.78 is 1.04. The van der Waals surface area contributed by atoms with Gasteiger partial charge >= 0.3 is 0 Å². The van der Waals surface area contributed by atoms with Crippen molar-refractivity contribution in [1.82, 2.24) is 0 Å². The van der Waals surface area contributed by atoms with E-state index in [0.717, 1.165) is 27.0 Å². The lowest BCUT2D eigenvalue weighted by atomic mass is 10.2. The second-order valence-electron chi connectivity index (χ2n) is 4.92. The number of halogens is 2. The van der Waals surface area contributed by atoms with Gasteiger partial charge in [0.15, 0.2) is 0 Å². The zero-order valence-corrected chi connectivity index (χ0v) is 15.6. The number of benzene rings is 2. The highest BCUT2D eigenvalue weighted by atomic mass is 79.9. The maximum absolute atomic E-state index is 12.4. The van der Waals surface area contributed by atoms with Gasteiger partial charge in [-0.1, -0.05) is 34.5 Å². The van der Waals surface area contributed by atoms with Crippen molar-refractivity contribution in [3.63, 3.8) is 0 Å². The van der Waals surface area contributed by atoms with Crippen LogP contribution in [0.2, 0.25) is 5.02 Å². The third-order valence-corrected chi connectivity index (χ3v) is 5.70. The summed E-state index contributed by atoms with van der Waals surface area (Å²) in [6, 6.07) is 13.4. The molecule has 2 rings (SSSR count). The summed E-state index contributed by atoms with van der Waals surface area (Å²) in [6.45, 7) is 4.01. The van der Waals surface area contributed by atoms with E-state index in [0.29, 0.717) is 5.02 Å². The van der Waals surface area contributed by atoms with Gasteiger partial charge in [-0.3, -0.25) is 4.79 Å². The fraction of sp³-hybridized carbons (Fsp3) is 0.235. The molecule has 0 aliphatic heterocycles. The SMILES string of the molecule is CC[C@@H](Sc1ccc(Cl)cc1)C(=O)Nc1ccc(Br)c(C)c1. The summed E-state index contributed by atoms with van der Waals surface area (Å²) in [5, 5.41) is 3.55. The molecule has 1 atom stereocenters. The van der Waals surface area contributed by atoms with Crippen LogP contribution in [0, 0.1) is 6.92 Å². The molecule has 0 radical (unpaired) electrons. The molecule has 1 N–H and O–H groups in total. The Morgan fingerprint density at radius 2 is 1.95 bits per heavy atom. The molecule has 0 spiro atoms. The van der Waals surface area contributed by atoms with E-state index in [1.165, 1.54) is 0 Å². The maximum atomic E-state index is 12.4. The Bertz CT molecular complexity index is 660. The van der Waals surface area contributed by atoms with E-state index < -0.39 is 0 Å². The van der Waals surface area contributed by atoms with Crippen LogP contribution in [-0.4, -0.2) is 11.2 Å². The van der Waals surface area contributed by atoms with Crippen molar-refractivity contribution in [3.8, 4) is 0 Å². The van der Waals surface area contributed by atoms with Gasteiger partial charge in [-0.2, -0.15) is 0 Å². The highest BCUT2D eigenvalue weighted by Crippen LogP contribution is 2.28. The zero-order valence-electron chi connectivity index (χ0n) is 12.4. The van der Waals surface area contributed by atoms with Gasteiger partial charge in [0.05, 0.1) is 5.25 Å². The van der Waals surface area contributed by atoms with Gasteiger partial charge in [0, 0.05) is 20.1 Å². The average Bonchev–Trinajstić information content (AvgIpc) is 2.50. The number of thioether (sulfide) groups is 1. The molecule has 0 bridgehead atoms. The quantitative estimate of drug-likeness (QED) is 0.633. The minimum Gasteiger partial charge on any atom is -0.325 e. The first kappa shape index (κ1) is 17.4. The van der Waals surface area contributed by atoms with Crippen LogP contribution in [-0.2, 0) is 4.79 Å². The number of carbonyl (C=O) groups excluding carboxylic acids is 1. The highest BCUT2D eigenvalue weighted by molar-refractivity contribution is 9.10. The fourth-order valence-electron chi connectivity index (χ4n) is 1.94. The number of rotatable bonds is 5. The van der Waals surface area contributed by atoms with Crippen LogP contribution >= 0.6 is 39.3 Å². The number of carbonyl (C=O) groups is 1. The van der Waals surface area contributed by atoms with Gasteiger partial charge in [0.2, 0.25) is 5.91 Å². The molecular weight excluding hydrogens is 382 g/mol. The molecule has 0 saturated heterocycles. The van der Waals surface area contributed by atoms with Gasteiger partial charge < -0.3 is 5.32 Å².